The summed E-state index contributed by atoms with van der Waals surface area (Å²) in [5, 5.41) is 8.47. The number of carboxylic acids is 1. The first-order valence-corrected chi connectivity index (χ1v) is 4.84. The zero-order valence-corrected chi connectivity index (χ0v) is 10.5. The van der Waals surface area contributed by atoms with Gasteiger partial charge < -0.3 is 10.8 Å². The van der Waals surface area contributed by atoms with Crippen molar-refractivity contribution >= 4 is 41.6 Å². The fraction of sp³-hybridized carbons (Fsp3) is 0.222. The average molecular weight is 307 g/mol. The van der Waals surface area contributed by atoms with Gasteiger partial charge in [-0.2, -0.15) is 8.78 Å². The van der Waals surface area contributed by atoms with Crippen molar-refractivity contribution in [2.45, 2.75) is 12.0 Å². The molecule has 0 fully saturated rings. The number of nitrogens with two attached hydrogens (primary N) is 1. The molecule has 0 saturated carbocycles. The van der Waals surface area contributed by atoms with Crippen LogP contribution in [0, 0.1) is 0 Å². The van der Waals surface area contributed by atoms with Crippen LogP contribution in [0.4, 0.5) is 8.78 Å². The highest BCUT2D eigenvalue weighted by atomic mass is 35.5. The Morgan fingerprint density at radius 2 is 1.94 bits per heavy atom. The third-order valence-electron chi connectivity index (χ3n) is 1.97. The molecular weight excluding hydrogens is 298 g/mol. The van der Waals surface area contributed by atoms with Crippen molar-refractivity contribution in [1.82, 2.24) is 0 Å². The van der Waals surface area contributed by atoms with Crippen LogP contribution in [0.15, 0.2) is 18.2 Å². The molecule has 0 unspecified atom stereocenters. The number of aliphatic carboxylic acids is 1. The van der Waals surface area contributed by atoms with E-state index in [1.54, 1.807) is 0 Å². The van der Waals surface area contributed by atoms with Gasteiger partial charge in [0, 0.05) is 10.0 Å². The average Bonchev–Trinajstić information content (AvgIpc) is 2.16. The van der Waals surface area contributed by atoms with Gasteiger partial charge in [0.25, 0.3) is 0 Å². The lowest BCUT2D eigenvalue weighted by atomic mass is 10.0. The third kappa shape index (κ3) is 3.42. The first kappa shape index (κ1) is 16.4. The van der Waals surface area contributed by atoms with E-state index in [-0.39, 0.29) is 28.0 Å². The van der Waals surface area contributed by atoms with E-state index in [2.05, 4.69) is 0 Å². The van der Waals surface area contributed by atoms with E-state index in [1.165, 1.54) is 18.2 Å². The van der Waals surface area contributed by atoms with Gasteiger partial charge in [-0.1, -0.05) is 29.3 Å². The standard InChI is InChI=1S/C9H7Cl2F2NO2.ClH/c10-4-1-2-5(6(11)3-4)7(14)9(12,13)8(15)16;/h1-3,7H,14H2,(H,15,16);1H/t7-;/m0./s1. The summed E-state index contributed by atoms with van der Waals surface area (Å²) >= 11 is 11.2. The van der Waals surface area contributed by atoms with Crippen LogP contribution in [-0.2, 0) is 4.79 Å². The summed E-state index contributed by atoms with van der Waals surface area (Å²) in [5.41, 5.74) is 5.00. The van der Waals surface area contributed by atoms with E-state index >= 15 is 0 Å². The number of alkyl halides is 2. The van der Waals surface area contributed by atoms with Crippen LogP contribution < -0.4 is 5.73 Å². The second-order valence-electron chi connectivity index (χ2n) is 3.07. The summed E-state index contributed by atoms with van der Waals surface area (Å²) < 4.78 is 26.2. The zero-order chi connectivity index (χ0) is 12.5. The minimum absolute atomic E-state index is 0. The van der Waals surface area contributed by atoms with E-state index in [4.69, 9.17) is 34.0 Å². The summed E-state index contributed by atoms with van der Waals surface area (Å²) in [6.45, 7) is 0. The van der Waals surface area contributed by atoms with E-state index in [1.807, 2.05) is 0 Å². The summed E-state index contributed by atoms with van der Waals surface area (Å²) in [4.78, 5) is 10.3. The van der Waals surface area contributed by atoms with Gasteiger partial charge in [-0.25, -0.2) is 4.79 Å². The molecule has 0 aliphatic carbocycles. The van der Waals surface area contributed by atoms with Crippen molar-refractivity contribution < 1.29 is 18.7 Å². The molecule has 1 atom stereocenters. The second kappa shape index (κ2) is 5.82. The van der Waals surface area contributed by atoms with E-state index in [9.17, 15) is 13.6 Å². The summed E-state index contributed by atoms with van der Waals surface area (Å²) in [6, 6.07) is 1.68. The molecule has 17 heavy (non-hydrogen) atoms. The van der Waals surface area contributed by atoms with Crippen LogP contribution in [0.2, 0.25) is 10.0 Å². The van der Waals surface area contributed by atoms with Crippen molar-refractivity contribution in [3.63, 3.8) is 0 Å². The number of halogens is 5. The first-order chi connectivity index (χ1) is 7.26. The van der Waals surface area contributed by atoms with Gasteiger partial charge in [0.1, 0.15) is 6.04 Å². The molecular formula is C9H8Cl3F2NO2. The number of hydrogen-bond donors (Lipinski definition) is 2. The Labute approximate surface area is 112 Å². The van der Waals surface area contributed by atoms with Crippen molar-refractivity contribution in [1.29, 1.82) is 0 Å². The predicted molar refractivity (Wildman–Crippen MR) is 63.2 cm³/mol. The number of benzene rings is 1. The minimum Gasteiger partial charge on any atom is -0.477 e. The van der Waals surface area contributed by atoms with Gasteiger partial charge in [0.05, 0.1) is 0 Å². The van der Waals surface area contributed by atoms with Crippen LogP contribution in [-0.4, -0.2) is 17.0 Å². The highest BCUT2D eigenvalue weighted by Gasteiger charge is 2.47. The molecule has 0 aromatic heterocycles. The maximum absolute atomic E-state index is 13.1. The van der Waals surface area contributed by atoms with Gasteiger partial charge in [-0.3, -0.25) is 0 Å². The lowest BCUT2D eigenvalue weighted by Gasteiger charge is -2.20. The Morgan fingerprint density at radius 1 is 1.41 bits per heavy atom. The fourth-order valence-electron chi connectivity index (χ4n) is 1.08. The third-order valence-corrected chi connectivity index (χ3v) is 2.54. The Kier molecular flexibility index (Phi) is 5.61. The maximum Gasteiger partial charge on any atom is 0.376 e. The molecule has 96 valence electrons. The fourth-order valence-corrected chi connectivity index (χ4v) is 1.61. The minimum atomic E-state index is -4.09. The SMILES string of the molecule is Cl.N[C@@H](c1ccc(Cl)cc1Cl)C(F)(F)C(=O)O. The van der Waals surface area contributed by atoms with E-state index in [0.717, 1.165) is 0 Å². The van der Waals surface area contributed by atoms with E-state index in [0.29, 0.717) is 0 Å². The molecule has 3 nitrogen and oxygen atoms in total. The molecule has 8 heteroatoms. The predicted octanol–water partition coefficient (Wildman–Crippen LogP) is 3.13. The Hall–Kier alpha value is -0.620. The quantitative estimate of drug-likeness (QED) is 0.902. The van der Waals surface area contributed by atoms with Crippen molar-refractivity contribution in [3.05, 3.63) is 33.8 Å². The molecule has 1 rings (SSSR count). The number of hydrogen-bond acceptors (Lipinski definition) is 2. The van der Waals surface area contributed by atoms with Crippen LogP contribution in [0.25, 0.3) is 0 Å². The molecule has 0 bridgehead atoms. The van der Waals surface area contributed by atoms with Crippen LogP contribution >= 0.6 is 35.6 Å². The van der Waals surface area contributed by atoms with Gasteiger partial charge in [0.2, 0.25) is 0 Å². The van der Waals surface area contributed by atoms with Crippen molar-refractivity contribution in [2.24, 2.45) is 5.73 Å². The van der Waals surface area contributed by atoms with E-state index < -0.39 is 17.9 Å². The summed E-state index contributed by atoms with van der Waals surface area (Å²) in [7, 11) is 0. The molecule has 1 aromatic carbocycles. The smallest absolute Gasteiger partial charge is 0.376 e. The Bertz CT molecular complexity index is 429. The van der Waals surface area contributed by atoms with Crippen LogP contribution in [0.1, 0.15) is 11.6 Å². The normalized spacial score (nSPS) is 12.8. The summed E-state index contributed by atoms with van der Waals surface area (Å²) in [5.74, 6) is -6.39. The Morgan fingerprint density at radius 3 is 2.35 bits per heavy atom. The van der Waals surface area contributed by atoms with Gasteiger partial charge in [-0.15, -0.1) is 12.4 Å². The molecule has 0 radical (unpaired) electrons. The number of carbonyl (C=O) groups is 1. The largest absolute Gasteiger partial charge is 0.477 e. The first-order valence-electron chi connectivity index (χ1n) is 4.08. The molecule has 0 aliphatic heterocycles. The van der Waals surface area contributed by atoms with Crippen molar-refractivity contribution in [3.8, 4) is 0 Å². The molecule has 3 N–H and O–H groups in total. The topological polar surface area (TPSA) is 63.3 Å². The van der Waals surface area contributed by atoms with Gasteiger partial charge in [0.15, 0.2) is 0 Å². The summed E-state index contributed by atoms with van der Waals surface area (Å²) in [6.07, 6.45) is 0. The van der Waals surface area contributed by atoms with Crippen molar-refractivity contribution in [2.75, 3.05) is 0 Å². The van der Waals surface area contributed by atoms with Gasteiger partial charge >= 0.3 is 11.9 Å². The number of carboxylic acid groups (broad SMARTS) is 1. The zero-order valence-electron chi connectivity index (χ0n) is 8.16. The molecule has 0 heterocycles. The molecule has 0 amide bonds. The Balaban J connectivity index is 0.00000256. The lowest BCUT2D eigenvalue weighted by molar-refractivity contribution is -0.168. The number of rotatable bonds is 3. The van der Waals surface area contributed by atoms with Crippen LogP contribution in [0.5, 0.6) is 0 Å². The second-order valence-corrected chi connectivity index (χ2v) is 3.92. The highest BCUT2D eigenvalue weighted by molar-refractivity contribution is 6.35. The van der Waals surface area contributed by atoms with Gasteiger partial charge in [-0.05, 0) is 17.7 Å². The molecule has 1 aromatic rings. The molecule has 0 spiro atoms. The molecule has 0 saturated heterocycles. The molecule has 0 aliphatic rings. The highest BCUT2D eigenvalue weighted by Crippen LogP contribution is 2.34. The van der Waals surface area contributed by atoms with Crippen LogP contribution in [0.3, 0.4) is 0 Å². The maximum atomic E-state index is 13.1. The monoisotopic (exact) mass is 305 g/mol. The lowest BCUT2D eigenvalue weighted by Crippen LogP contribution is -2.40.